The van der Waals surface area contributed by atoms with Gasteiger partial charge in [-0.25, -0.2) is 0 Å². The predicted molar refractivity (Wildman–Crippen MR) is 48.7 cm³/mol. The quantitative estimate of drug-likeness (QED) is 0.609. The van der Waals surface area contributed by atoms with Gasteiger partial charge >= 0.3 is 0 Å². The van der Waals surface area contributed by atoms with Crippen molar-refractivity contribution in [2.24, 2.45) is 0 Å². The Morgan fingerprint density at radius 3 is 2.42 bits per heavy atom. The van der Waals surface area contributed by atoms with Gasteiger partial charge in [0.2, 0.25) is 0 Å². The minimum absolute atomic E-state index is 0.301. The summed E-state index contributed by atoms with van der Waals surface area (Å²) in [4.78, 5) is 1.11. The van der Waals surface area contributed by atoms with E-state index in [1.807, 2.05) is 25.2 Å². The minimum atomic E-state index is -0.301. The second-order valence-electron chi connectivity index (χ2n) is 3.18. The van der Waals surface area contributed by atoms with Gasteiger partial charge in [0.1, 0.15) is 6.54 Å². The molecule has 0 fully saturated rings. The smallest absolute Gasteiger partial charge is 0.186 e. The van der Waals surface area contributed by atoms with Crippen LogP contribution in [0.1, 0.15) is 12.5 Å². The van der Waals surface area contributed by atoms with Crippen LogP contribution in [0.25, 0.3) is 0 Å². The highest BCUT2D eigenvalue weighted by Gasteiger charge is 2.07. The Morgan fingerprint density at radius 2 is 1.92 bits per heavy atom. The molecule has 1 aromatic rings. The van der Waals surface area contributed by atoms with Gasteiger partial charge < -0.3 is 10.0 Å². The van der Waals surface area contributed by atoms with Gasteiger partial charge in [0.15, 0.2) is 6.23 Å². The van der Waals surface area contributed by atoms with E-state index in [1.54, 1.807) is 6.92 Å². The fourth-order valence-corrected chi connectivity index (χ4v) is 1.07. The fourth-order valence-electron chi connectivity index (χ4n) is 1.07. The monoisotopic (exact) mass is 166 g/mol. The summed E-state index contributed by atoms with van der Waals surface area (Å²) in [5.74, 6) is 0. The van der Waals surface area contributed by atoms with E-state index in [4.69, 9.17) is 0 Å². The summed E-state index contributed by atoms with van der Waals surface area (Å²) < 4.78 is 0. The molecule has 0 bridgehead atoms. The molecule has 2 N–H and O–H groups in total. The van der Waals surface area contributed by atoms with Gasteiger partial charge in [-0.15, -0.1) is 0 Å². The standard InChI is InChI=1S/C10H15NO/c1-9(12)11(2)8-10-6-4-3-5-7-10/h3-7,9,12H,8H2,1-2H3/p+1. The van der Waals surface area contributed by atoms with Crippen LogP contribution in [-0.2, 0) is 6.54 Å². The van der Waals surface area contributed by atoms with Gasteiger partial charge in [0.05, 0.1) is 7.05 Å². The average Bonchev–Trinajstić information content (AvgIpc) is 2.06. The van der Waals surface area contributed by atoms with Crippen molar-refractivity contribution in [3.8, 4) is 0 Å². The van der Waals surface area contributed by atoms with Crippen molar-refractivity contribution in [2.75, 3.05) is 7.05 Å². The predicted octanol–water partition coefficient (Wildman–Crippen LogP) is 0.0396. The molecule has 2 nitrogen and oxygen atoms in total. The Morgan fingerprint density at radius 1 is 1.33 bits per heavy atom. The van der Waals surface area contributed by atoms with Crippen molar-refractivity contribution in [1.82, 2.24) is 0 Å². The lowest BCUT2D eigenvalue weighted by Crippen LogP contribution is -3.11. The Bertz CT molecular complexity index is 221. The fraction of sp³-hybridized carbons (Fsp3) is 0.400. The first-order valence-electron chi connectivity index (χ1n) is 4.24. The van der Waals surface area contributed by atoms with E-state index in [9.17, 15) is 5.11 Å². The number of aliphatic hydroxyl groups is 1. The van der Waals surface area contributed by atoms with Crippen LogP contribution >= 0.6 is 0 Å². The molecule has 12 heavy (non-hydrogen) atoms. The first kappa shape index (κ1) is 9.23. The van der Waals surface area contributed by atoms with Crippen LogP contribution in [0, 0.1) is 0 Å². The number of aliphatic hydroxyl groups excluding tert-OH is 1. The lowest BCUT2D eigenvalue weighted by Gasteiger charge is -2.16. The topological polar surface area (TPSA) is 24.7 Å². The summed E-state index contributed by atoms with van der Waals surface area (Å²) in [6.45, 7) is 2.68. The molecular weight excluding hydrogens is 150 g/mol. The zero-order chi connectivity index (χ0) is 8.97. The molecule has 0 heterocycles. The zero-order valence-corrected chi connectivity index (χ0v) is 7.62. The molecular formula is C10H16NO+. The van der Waals surface area contributed by atoms with Gasteiger partial charge in [-0.3, -0.25) is 0 Å². The van der Waals surface area contributed by atoms with Crippen molar-refractivity contribution in [1.29, 1.82) is 0 Å². The van der Waals surface area contributed by atoms with Crippen molar-refractivity contribution in [3.63, 3.8) is 0 Å². The van der Waals surface area contributed by atoms with Crippen LogP contribution in [0.4, 0.5) is 0 Å². The number of hydrogen-bond donors (Lipinski definition) is 2. The average molecular weight is 166 g/mol. The molecule has 0 amide bonds. The van der Waals surface area contributed by atoms with Crippen LogP contribution < -0.4 is 4.90 Å². The van der Waals surface area contributed by atoms with E-state index in [1.165, 1.54) is 5.56 Å². The molecule has 0 radical (unpaired) electrons. The number of hydrogen-bond acceptors (Lipinski definition) is 1. The lowest BCUT2D eigenvalue weighted by molar-refractivity contribution is -0.939. The maximum Gasteiger partial charge on any atom is 0.186 e. The number of rotatable bonds is 3. The Kier molecular flexibility index (Phi) is 3.26. The van der Waals surface area contributed by atoms with Gasteiger partial charge in [0, 0.05) is 12.5 Å². The second kappa shape index (κ2) is 4.24. The van der Waals surface area contributed by atoms with Crippen LogP contribution in [0.2, 0.25) is 0 Å². The van der Waals surface area contributed by atoms with E-state index in [-0.39, 0.29) is 6.23 Å². The van der Waals surface area contributed by atoms with Crippen molar-refractivity contribution in [2.45, 2.75) is 19.7 Å². The van der Waals surface area contributed by atoms with Gasteiger partial charge in [-0.2, -0.15) is 0 Å². The van der Waals surface area contributed by atoms with Gasteiger partial charge in [-0.05, 0) is 0 Å². The minimum Gasteiger partial charge on any atom is -0.345 e. The van der Waals surface area contributed by atoms with Crippen LogP contribution in [0.3, 0.4) is 0 Å². The molecule has 2 unspecified atom stereocenters. The highest BCUT2D eigenvalue weighted by molar-refractivity contribution is 5.13. The number of quaternary nitrogens is 1. The van der Waals surface area contributed by atoms with E-state index >= 15 is 0 Å². The first-order valence-corrected chi connectivity index (χ1v) is 4.24. The Hall–Kier alpha value is -0.860. The third kappa shape index (κ3) is 2.64. The molecule has 0 aliphatic carbocycles. The lowest BCUT2D eigenvalue weighted by atomic mass is 10.2. The van der Waals surface area contributed by atoms with Crippen LogP contribution in [-0.4, -0.2) is 18.4 Å². The highest BCUT2D eigenvalue weighted by atomic mass is 16.3. The third-order valence-electron chi connectivity index (χ3n) is 2.04. The summed E-state index contributed by atoms with van der Waals surface area (Å²) >= 11 is 0. The van der Waals surface area contributed by atoms with Crippen LogP contribution in [0.5, 0.6) is 0 Å². The second-order valence-corrected chi connectivity index (χ2v) is 3.18. The third-order valence-corrected chi connectivity index (χ3v) is 2.04. The summed E-state index contributed by atoms with van der Waals surface area (Å²) in [6.07, 6.45) is -0.301. The Balaban J connectivity index is 2.53. The SMILES string of the molecule is CC(O)[NH+](C)Cc1ccccc1. The van der Waals surface area contributed by atoms with E-state index in [0.29, 0.717) is 0 Å². The van der Waals surface area contributed by atoms with Crippen molar-refractivity contribution in [3.05, 3.63) is 35.9 Å². The zero-order valence-electron chi connectivity index (χ0n) is 7.62. The Labute approximate surface area is 73.4 Å². The molecule has 0 saturated carbocycles. The molecule has 0 saturated heterocycles. The molecule has 1 rings (SSSR count). The molecule has 0 aliphatic rings. The molecule has 2 atom stereocenters. The summed E-state index contributed by atoms with van der Waals surface area (Å²) in [7, 11) is 1.98. The number of benzene rings is 1. The maximum atomic E-state index is 9.25. The number of nitrogens with one attached hydrogen (secondary N) is 1. The molecule has 66 valence electrons. The van der Waals surface area contributed by atoms with E-state index in [0.717, 1.165) is 11.4 Å². The molecule has 0 spiro atoms. The first-order chi connectivity index (χ1) is 5.70. The highest BCUT2D eigenvalue weighted by Crippen LogP contribution is 1.94. The molecule has 1 aromatic carbocycles. The summed E-state index contributed by atoms with van der Waals surface area (Å²) in [5.41, 5.74) is 1.26. The van der Waals surface area contributed by atoms with Crippen LogP contribution in [0.15, 0.2) is 30.3 Å². The van der Waals surface area contributed by atoms with E-state index < -0.39 is 0 Å². The molecule has 0 aliphatic heterocycles. The van der Waals surface area contributed by atoms with Crippen molar-refractivity contribution >= 4 is 0 Å². The maximum absolute atomic E-state index is 9.25. The normalized spacial score (nSPS) is 15.6. The molecule has 2 heteroatoms. The molecule has 0 aromatic heterocycles. The van der Waals surface area contributed by atoms with Gasteiger partial charge in [0.25, 0.3) is 0 Å². The summed E-state index contributed by atoms with van der Waals surface area (Å²) in [6, 6.07) is 10.2. The van der Waals surface area contributed by atoms with Gasteiger partial charge in [-0.1, -0.05) is 30.3 Å². The van der Waals surface area contributed by atoms with Crippen molar-refractivity contribution < 1.29 is 10.0 Å². The largest absolute Gasteiger partial charge is 0.345 e. The van der Waals surface area contributed by atoms with E-state index in [2.05, 4.69) is 12.1 Å². The summed E-state index contributed by atoms with van der Waals surface area (Å²) in [5, 5.41) is 9.25.